The predicted octanol–water partition coefficient (Wildman–Crippen LogP) is 2.67. The first-order valence-electron chi connectivity index (χ1n) is 5.60. The Bertz CT molecular complexity index is 614. The molecule has 0 aliphatic carbocycles. The number of carbonyl (C=O) groups excluding carboxylic acids is 1. The lowest BCUT2D eigenvalue weighted by molar-refractivity contribution is 0.102. The summed E-state index contributed by atoms with van der Waals surface area (Å²) in [6.07, 6.45) is 0. The lowest BCUT2D eigenvalue weighted by Gasteiger charge is -2.09. The molecule has 4 nitrogen and oxygen atoms in total. The quantitative estimate of drug-likeness (QED) is 0.834. The molecule has 19 heavy (non-hydrogen) atoms. The van der Waals surface area contributed by atoms with Gasteiger partial charge < -0.3 is 15.8 Å². The Hall–Kier alpha value is -2.56. The van der Waals surface area contributed by atoms with Crippen LogP contribution >= 0.6 is 0 Å². The first-order chi connectivity index (χ1) is 9.10. The molecule has 2 aromatic rings. The summed E-state index contributed by atoms with van der Waals surface area (Å²) in [5.41, 5.74) is 6.60. The van der Waals surface area contributed by atoms with E-state index < -0.39 is 5.82 Å². The van der Waals surface area contributed by atoms with Crippen molar-refractivity contribution in [3.05, 3.63) is 53.8 Å². The van der Waals surface area contributed by atoms with Gasteiger partial charge in [-0.1, -0.05) is 6.07 Å². The molecule has 0 aliphatic heterocycles. The van der Waals surface area contributed by atoms with Crippen LogP contribution in [0.2, 0.25) is 0 Å². The number of methoxy groups -OCH3 is 1. The molecule has 0 aromatic heterocycles. The van der Waals surface area contributed by atoms with E-state index >= 15 is 0 Å². The first kappa shape index (κ1) is 12.9. The molecule has 0 saturated heterocycles. The summed E-state index contributed by atoms with van der Waals surface area (Å²) in [4.78, 5) is 12.0. The van der Waals surface area contributed by atoms with E-state index in [2.05, 4.69) is 5.32 Å². The van der Waals surface area contributed by atoms with Gasteiger partial charge in [0.2, 0.25) is 0 Å². The molecule has 3 N–H and O–H groups in total. The van der Waals surface area contributed by atoms with Crippen LogP contribution in [0.5, 0.6) is 5.75 Å². The summed E-state index contributed by atoms with van der Waals surface area (Å²) < 4.78 is 17.9. The summed E-state index contributed by atoms with van der Waals surface area (Å²) in [5, 5.41) is 2.62. The lowest BCUT2D eigenvalue weighted by atomic mass is 10.2. The Morgan fingerprint density at radius 3 is 2.74 bits per heavy atom. The van der Waals surface area contributed by atoms with Crippen molar-refractivity contribution in [2.75, 3.05) is 18.2 Å². The molecule has 5 heteroatoms. The number of anilines is 2. The lowest BCUT2D eigenvalue weighted by Crippen LogP contribution is -2.13. The Morgan fingerprint density at radius 1 is 1.26 bits per heavy atom. The zero-order chi connectivity index (χ0) is 13.8. The molecule has 0 fully saturated rings. The predicted molar refractivity (Wildman–Crippen MR) is 71.8 cm³/mol. The van der Waals surface area contributed by atoms with E-state index in [0.717, 1.165) is 6.07 Å². The van der Waals surface area contributed by atoms with Crippen molar-refractivity contribution in [2.45, 2.75) is 0 Å². The second-order valence-electron chi connectivity index (χ2n) is 3.92. The fourth-order valence-electron chi connectivity index (χ4n) is 1.61. The van der Waals surface area contributed by atoms with Crippen LogP contribution in [0.1, 0.15) is 10.4 Å². The van der Waals surface area contributed by atoms with Crippen molar-refractivity contribution in [2.24, 2.45) is 0 Å². The number of hydrogen-bond donors (Lipinski definition) is 2. The van der Waals surface area contributed by atoms with Gasteiger partial charge in [0.05, 0.1) is 18.5 Å². The van der Waals surface area contributed by atoms with Gasteiger partial charge in [-0.15, -0.1) is 0 Å². The molecule has 2 rings (SSSR count). The SMILES string of the molecule is COc1cccc(C(=O)Nc2ccc(F)cc2N)c1. The van der Waals surface area contributed by atoms with E-state index in [1.807, 2.05) is 0 Å². The zero-order valence-electron chi connectivity index (χ0n) is 10.3. The zero-order valence-corrected chi connectivity index (χ0v) is 10.3. The third-order valence-electron chi connectivity index (χ3n) is 2.59. The average Bonchev–Trinajstić information content (AvgIpc) is 2.42. The Morgan fingerprint density at radius 2 is 2.05 bits per heavy atom. The number of nitrogens with one attached hydrogen (secondary N) is 1. The van der Waals surface area contributed by atoms with Gasteiger partial charge in [0, 0.05) is 5.56 Å². The minimum absolute atomic E-state index is 0.177. The number of ether oxygens (including phenoxy) is 1. The fraction of sp³-hybridized carbons (Fsp3) is 0.0714. The Kier molecular flexibility index (Phi) is 3.66. The molecule has 0 heterocycles. The minimum Gasteiger partial charge on any atom is -0.497 e. The molecule has 0 aliphatic rings. The summed E-state index contributed by atoms with van der Waals surface area (Å²) >= 11 is 0. The molecule has 1 amide bonds. The second-order valence-corrected chi connectivity index (χ2v) is 3.92. The molecular formula is C14H13FN2O2. The third kappa shape index (κ3) is 3.01. The highest BCUT2D eigenvalue weighted by atomic mass is 19.1. The standard InChI is InChI=1S/C14H13FN2O2/c1-19-11-4-2-3-9(7-11)14(18)17-13-6-5-10(15)8-12(13)16/h2-8H,16H2,1H3,(H,17,18). The Labute approximate surface area is 110 Å². The number of nitrogen functional groups attached to an aromatic ring is 1. The van der Waals surface area contributed by atoms with E-state index in [9.17, 15) is 9.18 Å². The van der Waals surface area contributed by atoms with Crippen LogP contribution in [0.3, 0.4) is 0 Å². The highest BCUT2D eigenvalue weighted by molar-refractivity contribution is 6.05. The number of amides is 1. The van der Waals surface area contributed by atoms with Crippen LogP contribution in [0, 0.1) is 5.82 Å². The minimum atomic E-state index is -0.447. The van der Waals surface area contributed by atoms with Gasteiger partial charge in [-0.3, -0.25) is 4.79 Å². The Balaban J connectivity index is 2.20. The molecule has 0 radical (unpaired) electrons. The molecule has 98 valence electrons. The topological polar surface area (TPSA) is 64.3 Å². The van der Waals surface area contributed by atoms with Gasteiger partial charge in [-0.25, -0.2) is 4.39 Å². The largest absolute Gasteiger partial charge is 0.497 e. The molecule has 0 saturated carbocycles. The van der Waals surface area contributed by atoms with Gasteiger partial charge in [-0.05, 0) is 36.4 Å². The number of carbonyl (C=O) groups is 1. The van der Waals surface area contributed by atoms with Crippen LogP contribution < -0.4 is 15.8 Å². The highest BCUT2D eigenvalue weighted by Crippen LogP contribution is 2.20. The van der Waals surface area contributed by atoms with Crippen molar-refractivity contribution < 1.29 is 13.9 Å². The number of benzene rings is 2. The number of halogens is 1. The van der Waals surface area contributed by atoms with E-state index in [1.54, 1.807) is 24.3 Å². The monoisotopic (exact) mass is 260 g/mol. The van der Waals surface area contributed by atoms with Crippen LogP contribution in [-0.2, 0) is 0 Å². The summed E-state index contributed by atoms with van der Waals surface area (Å²) in [5.74, 6) is -0.200. The maximum absolute atomic E-state index is 12.9. The smallest absolute Gasteiger partial charge is 0.255 e. The van der Waals surface area contributed by atoms with E-state index in [-0.39, 0.29) is 11.6 Å². The van der Waals surface area contributed by atoms with Crippen molar-refractivity contribution in [1.82, 2.24) is 0 Å². The summed E-state index contributed by atoms with van der Waals surface area (Å²) in [6.45, 7) is 0. The van der Waals surface area contributed by atoms with E-state index in [1.165, 1.54) is 19.2 Å². The van der Waals surface area contributed by atoms with Gasteiger partial charge in [-0.2, -0.15) is 0 Å². The second kappa shape index (κ2) is 5.39. The summed E-state index contributed by atoms with van der Waals surface area (Å²) in [7, 11) is 1.52. The molecule has 0 bridgehead atoms. The fourth-order valence-corrected chi connectivity index (χ4v) is 1.61. The van der Waals surface area contributed by atoms with Crippen LogP contribution in [0.15, 0.2) is 42.5 Å². The third-order valence-corrected chi connectivity index (χ3v) is 2.59. The molecule has 0 spiro atoms. The molecule has 0 atom stereocenters. The van der Waals surface area contributed by atoms with Gasteiger partial charge in [0.1, 0.15) is 11.6 Å². The van der Waals surface area contributed by atoms with Crippen molar-refractivity contribution in [3.8, 4) is 5.75 Å². The molecule has 0 unspecified atom stereocenters. The van der Waals surface area contributed by atoms with Crippen molar-refractivity contribution in [1.29, 1.82) is 0 Å². The van der Waals surface area contributed by atoms with Gasteiger partial charge >= 0.3 is 0 Å². The van der Waals surface area contributed by atoms with Crippen molar-refractivity contribution in [3.63, 3.8) is 0 Å². The summed E-state index contributed by atoms with van der Waals surface area (Å²) in [6, 6.07) is 10.5. The molecular weight excluding hydrogens is 247 g/mol. The maximum Gasteiger partial charge on any atom is 0.255 e. The van der Waals surface area contributed by atoms with Crippen molar-refractivity contribution >= 4 is 17.3 Å². The number of hydrogen-bond acceptors (Lipinski definition) is 3. The van der Waals surface area contributed by atoms with Crippen LogP contribution in [0.25, 0.3) is 0 Å². The van der Waals surface area contributed by atoms with Crippen LogP contribution in [0.4, 0.5) is 15.8 Å². The first-order valence-corrected chi connectivity index (χ1v) is 5.60. The number of nitrogens with two attached hydrogens (primary N) is 1. The maximum atomic E-state index is 12.9. The average molecular weight is 260 g/mol. The molecule has 2 aromatic carbocycles. The van der Waals surface area contributed by atoms with Gasteiger partial charge in [0.15, 0.2) is 0 Å². The van der Waals surface area contributed by atoms with E-state index in [4.69, 9.17) is 10.5 Å². The van der Waals surface area contributed by atoms with Gasteiger partial charge in [0.25, 0.3) is 5.91 Å². The normalized spacial score (nSPS) is 10.0. The number of rotatable bonds is 3. The van der Waals surface area contributed by atoms with E-state index in [0.29, 0.717) is 17.0 Å². The highest BCUT2D eigenvalue weighted by Gasteiger charge is 2.09. The van der Waals surface area contributed by atoms with Crippen LogP contribution in [-0.4, -0.2) is 13.0 Å².